The van der Waals surface area contributed by atoms with Crippen molar-refractivity contribution in [1.82, 2.24) is 105 Å². The molecule has 0 saturated carbocycles. The number of nitrogens with zero attached hydrogens (tertiary/aromatic N) is 21. The van der Waals surface area contributed by atoms with Crippen LogP contribution in [0.2, 0.25) is 10.2 Å². The molecule has 24 rings (SSSR count). The van der Waals surface area contributed by atoms with Gasteiger partial charge in [-0.2, -0.15) is 0 Å². The lowest BCUT2D eigenvalue weighted by Crippen LogP contribution is -2.05. The number of rotatable bonds is 12. The number of halogens is 2. The van der Waals surface area contributed by atoms with Gasteiger partial charge in [0.25, 0.3) is 0 Å². The van der Waals surface area contributed by atoms with Crippen LogP contribution in [0.15, 0.2) is 500 Å². The minimum Gasteiger partial charge on any atom is -0.265 e. The first kappa shape index (κ1) is 101. The Labute approximate surface area is 853 Å². The van der Waals surface area contributed by atoms with Crippen LogP contribution >= 0.6 is 23.2 Å². The topological polar surface area (TPSA) is 271 Å². The summed E-state index contributed by atoms with van der Waals surface area (Å²) in [5, 5.41) is 3.46. The number of fused-ring (bicyclic) bond motifs is 2. The number of hydrogen-bond acceptors (Lipinski definition) is 21. The Morgan fingerprint density at radius 1 is 0.207 bits per heavy atom. The van der Waals surface area contributed by atoms with E-state index in [0.29, 0.717) is 10.2 Å². The Hall–Kier alpha value is -18.6. The molecule has 21 heterocycles. The van der Waals surface area contributed by atoms with Gasteiger partial charge in [0, 0.05) is 191 Å². The van der Waals surface area contributed by atoms with Gasteiger partial charge >= 0.3 is 0 Å². The summed E-state index contributed by atoms with van der Waals surface area (Å²) in [5.41, 5.74) is 28.8. The number of benzene rings is 2. The number of aromatic nitrogens is 21. The molecule has 2 aromatic carbocycles. The highest BCUT2D eigenvalue weighted by atomic mass is 35.5. The summed E-state index contributed by atoms with van der Waals surface area (Å²) >= 11 is 12.1. The molecule has 0 saturated heterocycles. The van der Waals surface area contributed by atoms with Gasteiger partial charge in [-0.05, 0) is 299 Å². The van der Waals surface area contributed by atoms with Crippen LogP contribution in [0.25, 0.3) is 147 Å². The van der Waals surface area contributed by atoms with Gasteiger partial charge in [0.2, 0.25) is 0 Å². The predicted octanol–water partition coefficient (Wildman–Crippen LogP) is 28.4. The lowest BCUT2D eigenvalue weighted by molar-refractivity contribution is 0.668. The number of aryl methyl sites for hydroxylation is 5. The van der Waals surface area contributed by atoms with E-state index in [1.165, 1.54) is 47.0 Å². The molecule has 145 heavy (non-hydrogen) atoms. The lowest BCUT2D eigenvalue weighted by atomic mass is 9.94. The molecule has 0 aliphatic heterocycles. The van der Waals surface area contributed by atoms with Gasteiger partial charge in [-0.15, -0.1) is 0 Å². The molecule has 21 nitrogen and oxygen atoms in total. The highest BCUT2D eigenvalue weighted by molar-refractivity contribution is 6.32. The highest BCUT2D eigenvalue weighted by Crippen LogP contribution is 2.31. The zero-order valence-electron chi connectivity index (χ0n) is 79.8. The number of pyridine rings is 21. The largest absolute Gasteiger partial charge is 0.265 e. The van der Waals surface area contributed by atoms with Gasteiger partial charge in [-0.25, -0.2) is 9.97 Å². The Kier molecular flexibility index (Phi) is 38.5. The van der Waals surface area contributed by atoms with E-state index < -0.39 is 0 Å². The SMILES string of the molecule is Cc1cc(-c2ccccn2)ccn1.Cc1cccnc1-c1ccccn1.Cc1nc(-c2ccccn2)ccc1-c1ccccc1.Clc1cc(-c2ccccn2)nc(-c2ccccn2)c1.Clc1ncccc1-c1ccccn1.c1ccc(-c2cc3ccccc3cn2)nc1.c1ccc(-c2ccccn2)nc1.c1ccc(-c2cccnc2)nc1.c1ccc(-c2ccncc2)nc1.c1ccc(-c2cnc3c(c2)CCCC3)nc1. The fourth-order valence-corrected chi connectivity index (χ4v) is 15.1. The van der Waals surface area contributed by atoms with E-state index in [0.717, 1.165) is 153 Å². The first-order valence-electron chi connectivity index (χ1n) is 46.8. The quantitative estimate of drug-likeness (QED) is 0.103. The molecular weight excluding hydrogens is 1830 g/mol. The van der Waals surface area contributed by atoms with E-state index >= 15 is 0 Å². The van der Waals surface area contributed by atoms with Crippen LogP contribution < -0.4 is 0 Å². The number of hydrogen-bond donors (Lipinski definition) is 0. The Bertz CT molecular complexity index is 7320. The Balaban J connectivity index is 0.000000122. The second kappa shape index (κ2) is 55.3. The van der Waals surface area contributed by atoms with Gasteiger partial charge in [0.1, 0.15) is 5.15 Å². The molecule has 23 aromatic rings. The van der Waals surface area contributed by atoms with Crippen molar-refractivity contribution in [2.75, 3.05) is 0 Å². The Morgan fingerprint density at radius 2 is 0.621 bits per heavy atom. The zero-order chi connectivity index (χ0) is 99.7. The Morgan fingerprint density at radius 3 is 1.11 bits per heavy atom. The summed E-state index contributed by atoms with van der Waals surface area (Å²) in [7, 11) is 0. The first-order valence-corrected chi connectivity index (χ1v) is 47.6. The third-order valence-electron chi connectivity index (χ3n) is 21.8. The summed E-state index contributed by atoms with van der Waals surface area (Å²) in [6.45, 7) is 6.05. The van der Waals surface area contributed by atoms with Crippen molar-refractivity contribution in [3.8, 4) is 136 Å². The molecular formula is C122H99Cl2N21. The van der Waals surface area contributed by atoms with Crippen LogP contribution in [0.5, 0.6) is 0 Å². The third kappa shape index (κ3) is 31.5. The second-order valence-electron chi connectivity index (χ2n) is 32.0. The molecule has 706 valence electrons. The van der Waals surface area contributed by atoms with Crippen LogP contribution in [0.1, 0.15) is 41.1 Å². The van der Waals surface area contributed by atoms with Crippen LogP contribution in [0.4, 0.5) is 0 Å². The summed E-state index contributed by atoms with van der Waals surface area (Å²) in [6.07, 6.45) is 42.4. The average molecular weight is 1930 g/mol. The smallest absolute Gasteiger partial charge is 0.138 e. The van der Waals surface area contributed by atoms with Gasteiger partial charge in [-0.1, -0.05) is 163 Å². The molecule has 0 N–H and O–H groups in total. The summed E-state index contributed by atoms with van der Waals surface area (Å²) in [6, 6.07) is 120. The van der Waals surface area contributed by atoms with Crippen molar-refractivity contribution in [2.24, 2.45) is 0 Å². The average Bonchev–Trinajstić information content (AvgIpc) is 0.836. The monoisotopic (exact) mass is 1930 g/mol. The van der Waals surface area contributed by atoms with Gasteiger partial charge < -0.3 is 0 Å². The van der Waals surface area contributed by atoms with E-state index in [9.17, 15) is 0 Å². The molecule has 0 bridgehead atoms. The molecule has 1 aliphatic carbocycles. The minimum atomic E-state index is 0.487. The van der Waals surface area contributed by atoms with Crippen molar-refractivity contribution in [3.05, 3.63) is 539 Å². The standard InChI is InChI=1S/C17H14N2.C15H10ClN3.C14H14N2.C14H10N2.2C11H10N2.C10H7ClN2.3C10H8N2/c1-13-15(14-7-3-2-4-8-14)10-11-17(19-13)16-9-5-6-12-18-16;16-11-9-14(12-5-1-3-7-17-12)19-15(10-11)13-6-2-4-8-18-13;1-2-6-13-11(5-1)9-12(10-16-13)14-7-3-4-8-15-14;1-2-6-12-10-16-14(9-11(12)5-1)13-7-3-4-8-15-13;1-9-5-4-8-13-11(9)10-6-2-3-7-12-10;1-9-8-10(5-7-12-9)11-4-2-3-6-13-11;11-10-8(4-3-7-13-10)9-5-1-2-6-12-9;1-3-7-11-9(5-1)10-6-2-4-8-12-10;1-2-7-12-10(5-1)9-4-3-6-11-8-9;1-2-6-12-10(3-1)9-4-7-11-8-5-9/h2-12H,1H3;1-10H;3-4,7-10H,1-2,5-6H2;1-10H;2*2-8H,1H3;1-7H;3*1-8H. The van der Waals surface area contributed by atoms with Crippen molar-refractivity contribution >= 4 is 34.0 Å². The van der Waals surface area contributed by atoms with E-state index in [-0.39, 0.29) is 0 Å². The van der Waals surface area contributed by atoms with Crippen molar-refractivity contribution in [2.45, 2.75) is 46.5 Å². The molecule has 1 aliphatic rings. The first-order chi connectivity index (χ1) is 71.5. The van der Waals surface area contributed by atoms with Gasteiger partial charge in [-0.3, -0.25) is 94.7 Å². The minimum absolute atomic E-state index is 0.487. The van der Waals surface area contributed by atoms with E-state index in [2.05, 4.69) is 147 Å². The van der Waals surface area contributed by atoms with Crippen LogP contribution in [0.3, 0.4) is 0 Å². The summed E-state index contributed by atoms with van der Waals surface area (Å²) in [5.74, 6) is 0. The van der Waals surface area contributed by atoms with Crippen molar-refractivity contribution < 1.29 is 0 Å². The molecule has 0 amide bonds. The third-order valence-corrected chi connectivity index (χ3v) is 22.3. The molecule has 21 aromatic heterocycles. The zero-order valence-corrected chi connectivity index (χ0v) is 81.3. The summed E-state index contributed by atoms with van der Waals surface area (Å²) in [4.78, 5) is 89.6. The van der Waals surface area contributed by atoms with Crippen LogP contribution in [-0.2, 0) is 12.8 Å². The fraction of sp³-hybridized carbons (Fsp3) is 0.0574. The molecule has 0 atom stereocenters. The summed E-state index contributed by atoms with van der Waals surface area (Å²) < 4.78 is 0. The van der Waals surface area contributed by atoms with E-state index in [4.69, 9.17) is 23.2 Å². The van der Waals surface area contributed by atoms with Gasteiger partial charge in [0.15, 0.2) is 0 Å². The molecule has 0 fully saturated rings. The maximum atomic E-state index is 6.15. The molecule has 23 heteroatoms. The highest BCUT2D eigenvalue weighted by Gasteiger charge is 2.15. The van der Waals surface area contributed by atoms with E-state index in [1.54, 1.807) is 117 Å². The maximum absolute atomic E-state index is 6.15. The van der Waals surface area contributed by atoms with Crippen molar-refractivity contribution in [1.29, 1.82) is 0 Å². The van der Waals surface area contributed by atoms with Crippen LogP contribution in [-0.4, -0.2) is 105 Å². The van der Waals surface area contributed by atoms with Crippen molar-refractivity contribution in [3.63, 3.8) is 0 Å². The van der Waals surface area contributed by atoms with Crippen LogP contribution in [0, 0.1) is 20.8 Å². The molecule has 0 spiro atoms. The molecule has 0 radical (unpaired) electrons. The lowest BCUT2D eigenvalue weighted by Gasteiger charge is -2.15. The predicted molar refractivity (Wildman–Crippen MR) is 582 cm³/mol. The fourth-order valence-electron chi connectivity index (χ4n) is 14.7. The van der Waals surface area contributed by atoms with E-state index in [1.807, 2.05) is 361 Å². The molecule has 0 unspecified atom stereocenters. The van der Waals surface area contributed by atoms with Gasteiger partial charge in [0.05, 0.1) is 96.8 Å². The maximum Gasteiger partial charge on any atom is 0.138 e. The normalized spacial score (nSPS) is 10.5. The second-order valence-corrected chi connectivity index (χ2v) is 32.8.